The van der Waals surface area contributed by atoms with Gasteiger partial charge in [-0.3, -0.25) is 4.98 Å². The van der Waals surface area contributed by atoms with Crippen molar-refractivity contribution < 1.29 is 4.63 Å². The van der Waals surface area contributed by atoms with E-state index in [9.17, 15) is 0 Å². The number of rotatable bonds is 3. The highest BCUT2D eigenvalue weighted by atomic mass is 32.1. The van der Waals surface area contributed by atoms with E-state index in [2.05, 4.69) is 21.4 Å². The van der Waals surface area contributed by atoms with E-state index < -0.39 is 0 Å². The normalized spacial score (nSPS) is 11.2. The lowest BCUT2D eigenvalue weighted by Crippen LogP contribution is -1.94. The van der Waals surface area contributed by atoms with E-state index in [0.29, 0.717) is 5.52 Å². The largest absolute Gasteiger partial charge is 0.265 e. The van der Waals surface area contributed by atoms with Crippen LogP contribution in [0.5, 0.6) is 0 Å². The Labute approximate surface area is 150 Å². The minimum absolute atomic E-state index is 0.684. The third kappa shape index (κ3) is 2.36. The molecule has 25 heavy (non-hydrogen) atoms. The topological polar surface area (TPSA) is 64.7 Å². The molecule has 0 aliphatic heterocycles. The van der Waals surface area contributed by atoms with Crippen molar-refractivity contribution in [1.29, 1.82) is 0 Å². The zero-order chi connectivity index (χ0) is 16.6. The molecule has 5 aromatic rings. The minimum Gasteiger partial charge on any atom is -0.265 e. The van der Waals surface area contributed by atoms with Gasteiger partial charge in [0.2, 0.25) is 0 Å². The SMILES string of the molecule is c1csc(-c2nc(-c3ccncc3)c(-c3cccs3)c3nonc23)c1. The fourth-order valence-electron chi connectivity index (χ4n) is 2.80. The van der Waals surface area contributed by atoms with Crippen molar-refractivity contribution in [2.75, 3.05) is 0 Å². The molecule has 5 rings (SSSR count). The van der Waals surface area contributed by atoms with Crippen LogP contribution >= 0.6 is 22.7 Å². The van der Waals surface area contributed by atoms with Gasteiger partial charge in [0.1, 0.15) is 11.2 Å². The maximum absolute atomic E-state index is 5.09. The van der Waals surface area contributed by atoms with Crippen molar-refractivity contribution in [2.24, 2.45) is 0 Å². The molecular formula is C18H10N4OS2. The van der Waals surface area contributed by atoms with Crippen molar-refractivity contribution in [1.82, 2.24) is 20.3 Å². The van der Waals surface area contributed by atoms with E-state index in [0.717, 1.165) is 37.8 Å². The maximum atomic E-state index is 5.09. The molecule has 0 aliphatic carbocycles. The van der Waals surface area contributed by atoms with Crippen molar-refractivity contribution >= 4 is 33.7 Å². The van der Waals surface area contributed by atoms with Gasteiger partial charge in [-0.15, -0.1) is 22.7 Å². The van der Waals surface area contributed by atoms with Crippen LogP contribution in [-0.2, 0) is 0 Å². The highest BCUT2D eigenvalue weighted by Gasteiger charge is 2.22. The van der Waals surface area contributed by atoms with Crippen molar-refractivity contribution in [3.63, 3.8) is 0 Å². The first-order valence-electron chi connectivity index (χ1n) is 7.56. The summed E-state index contributed by atoms with van der Waals surface area (Å²) in [6.07, 6.45) is 3.54. The number of fused-ring (bicyclic) bond motifs is 1. The van der Waals surface area contributed by atoms with E-state index >= 15 is 0 Å². The van der Waals surface area contributed by atoms with E-state index in [1.54, 1.807) is 35.1 Å². The van der Waals surface area contributed by atoms with Crippen LogP contribution in [0.1, 0.15) is 0 Å². The highest BCUT2D eigenvalue weighted by molar-refractivity contribution is 7.14. The standard InChI is InChI=1S/C18H10N4OS2/c1-3-12(24-9-1)14-15(11-5-7-19-8-6-11)20-16(13-4-2-10-25-13)18-17(14)21-23-22-18/h1-10H. The Morgan fingerprint density at radius 2 is 1.48 bits per heavy atom. The summed E-state index contributed by atoms with van der Waals surface area (Å²) in [4.78, 5) is 11.2. The summed E-state index contributed by atoms with van der Waals surface area (Å²) in [5, 5.41) is 12.4. The highest BCUT2D eigenvalue weighted by Crippen LogP contribution is 2.41. The van der Waals surface area contributed by atoms with Crippen LogP contribution in [0.25, 0.3) is 43.3 Å². The molecule has 0 aromatic carbocycles. The van der Waals surface area contributed by atoms with Crippen molar-refractivity contribution in [3.05, 3.63) is 59.6 Å². The Hall–Kier alpha value is -2.90. The number of hydrogen-bond donors (Lipinski definition) is 0. The summed E-state index contributed by atoms with van der Waals surface area (Å²) in [6.45, 7) is 0. The second-order valence-electron chi connectivity index (χ2n) is 5.34. The molecule has 0 spiro atoms. The molecule has 0 atom stereocenters. The number of aromatic nitrogens is 4. The molecule has 5 heterocycles. The lowest BCUT2D eigenvalue weighted by molar-refractivity contribution is 0.315. The molecule has 5 aromatic heterocycles. The summed E-state index contributed by atoms with van der Waals surface area (Å²) in [5.41, 5.74) is 4.99. The summed E-state index contributed by atoms with van der Waals surface area (Å²) in [7, 11) is 0. The van der Waals surface area contributed by atoms with Crippen LogP contribution in [0.15, 0.2) is 64.2 Å². The van der Waals surface area contributed by atoms with Gasteiger partial charge in [-0.2, -0.15) is 0 Å². The Morgan fingerprint density at radius 1 is 0.760 bits per heavy atom. The molecule has 5 nitrogen and oxygen atoms in total. The van der Waals surface area contributed by atoms with Crippen LogP contribution in [0, 0.1) is 0 Å². The maximum Gasteiger partial charge on any atom is 0.163 e. The average molecular weight is 362 g/mol. The minimum atomic E-state index is 0.684. The van der Waals surface area contributed by atoms with Gasteiger partial charge in [0.15, 0.2) is 5.52 Å². The molecular weight excluding hydrogens is 352 g/mol. The lowest BCUT2D eigenvalue weighted by atomic mass is 10.0. The van der Waals surface area contributed by atoms with Crippen LogP contribution in [0.3, 0.4) is 0 Å². The monoisotopic (exact) mass is 362 g/mol. The zero-order valence-electron chi connectivity index (χ0n) is 12.8. The Bertz CT molecular complexity index is 1130. The number of nitrogens with zero attached hydrogens (tertiary/aromatic N) is 4. The molecule has 0 aliphatic rings. The number of hydrogen-bond acceptors (Lipinski definition) is 7. The molecule has 7 heteroatoms. The van der Waals surface area contributed by atoms with Crippen molar-refractivity contribution in [2.45, 2.75) is 0 Å². The van der Waals surface area contributed by atoms with E-state index in [4.69, 9.17) is 9.61 Å². The molecule has 0 unspecified atom stereocenters. The van der Waals surface area contributed by atoms with Gasteiger partial charge >= 0.3 is 0 Å². The molecule has 0 radical (unpaired) electrons. The van der Waals surface area contributed by atoms with Gasteiger partial charge in [0.05, 0.1) is 10.6 Å². The third-order valence-electron chi connectivity index (χ3n) is 3.89. The fraction of sp³-hybridized carbons (Fsp3) is 0. The van der Waals surface area contributed by atoms with E-state index in [1.807, 2.05) is 41.1 Å². The second kappa shape index (κ2) is 5.87. The quantitative estimate of drug-likeness (QED) is 0.445. The predicted molar refractivity (Wildman–Crippen MR) is 99.5 cm³/mol. The Balaban J connectivity index is 1.91. The Kier molecular flexibility index (Phi) is 3.39. The first-order valence-corrected chi connectivity index (χ1v) is 9.32. The fourth-order valence-corrected chi connectivity index (χ4v) is 4.29. The van der Waals surface area contributed by atoms with Crippen molar-refractivity contribution in [3.8, 4) is 32.3 Å². The average Bonchev–Trinajstić information content (AvgIpc) is 3.43. The predicted octanol–water partition coefficient (Wildman–Crippen LogP) is 5.14. The number of thiophene rings is 2. The summed E-state index contributed by atoms with van der Waals surface area (Å²) in [6, 6.07) is 12.0. The van der Waals surface area contributed by atoms with Gasteiger partial charge in [-0.1, -0.05) is 12.1 Å². The van der Waals surface area contributed by atoms with E-state index in [1.165, 1.54) is 0 Å². The van der Waals surface area contributed by atoms with Gasteiger partial charge in [-0.25, -0.2) is 9.61 Å². The molecule has 0 bridgehead atoms. The Morgan fingerprint density at radius 3 is 2.20 bits per heavy atom. The second-order valence-corrected chi connectivity index (χ2v) is 7.23. The zero-order valence-corrected chi connectivity index (χ0v) is 14.4. The molecule has 0 N–H and O–H groups in total. The van der Waals surface area contributed by atoms with E-state index in [-0.39, 0.29) is 0 Å². The first kappa shape index (κ1) is 14.4. The summed E-state index contributed by atoms with van der Waals surface area (Å²) < 4.78 is 5.09. The number of pyridine rings is 2. The van der Waals surface area contributed by atoms with Crippen LogP contribution in [0.2, 0.25) is 0 Å². The third-order valence-corrected chi connectivity index (χ3v) is 5.65. The molecule has 120 valence electrons. The molecule has 0 fully saturated rings. The van der Waals surface area contributed by atoms with Gasteiger partial charge < -0.3 is 0 Å². The van der Waals surface area contributed by atoms with Crippen LogP contribution in [-0.4, -0.2) is 20.3 Å². The molecule has 0 amide bonds. The summed E-state index contributed by atoms with van der Waals surface area (Å²) >= 11 is 3.26. The van der Waals surface area contributed by atoms with Gasteiger partial charge in [-0.05, 0) is 45.3 Å². The lowest BCUT2D eigenvalue weighted by Gasteiger charge is -2.10. The van der Waals surface area contributed by atoms with Crippen LogP contribution in [0.4, 0.5) is 0 Å². The molecule has 0 saturated carbocycles. The first-order chi connectivity index (χ1) is 12.4. The molecule has 0 saturated heterocycles. The summed E-state index contributed by atoms with van der Waals surface area (Å²) in [5.74, 6) is 0. The smallest absolute Gasteiger partial charge is 0.163 e. The van der Waals surface area contributed by atoms with Gasteiger partial charge in [0.25, 0.3) is 0 Å². The van der Waals surface area contributed by atoms with Crippen LogP contribution < -0.4 is 0 Å². The van der Waals surface area contributed by atoms with Gasteiger partial charge in [0, 0.05) is 28.4 Å².